The van der Waals surface area contributed by atoms with Crippen LogP contribution in [0.25, 0.3) is 10.9 Å². The zero-order valence-corrected chi connectivity index (χ0v) is 21.0. The fourth-order valence-corrected chi connectivity index (χ4v) is 6.24. The van der Waals surface area contributed by atoms with E-state index < -0.39 is 13.3 Å². The minimum absolute atomic E-state index is 0.0837. The van der Waals surface area contributed by atoms with Crippen molar-refractivity contribution >= 4 is 46.4 Å². The Kier molecular flexibility index (Phi) is 7.04. The number of hydrogen-bond acceptors (Lipinski definition) is 6. The number of carbonyl (C=O) groups is 1. The molecular weight excluding hydrogens is 485 g/mol. The number of H-pyrrole nitrogens is 1. The van der Waals surface area contributed by atoms with Crippen LogP contribution >= 0.6 is 19.0 Å². The van der Waals surface area contributed by atoms with E-state index in [1.807, 2.05) is 13.8 Å². The predicted molar refractivity (Wildman–Crippen MR) is 136 cm³/mol. The van der Waals surface area contributed by atoms with Crippen molar-refractivity contribution < 1.29 is 13.9 Å². The summed E-state index contributed by atoms with van der Waals surface area (Å²) in [7, 11) is -2.51. The molecule has 178 valence electrons. The summed E-state index contributed by atoms with van der Waals surface area (Å²) in [6.45, 7) is 4.11. The number of halogens is 1. The fraction of sp³-hybridized carbons (Fsp3) is 0.200. The minimum atomic E-state index is -3.84. The lowest BCUT2D eigenvalue weighted by Crippen LogP contribution is -2.30. The largest absolute Gasteiger partial charge is 0.350 e. The summed E-state index contributed by atoms with van der Waals surface area (Å²) in [6.07, 6.45) is 2.98. The number of hydrogen-bond donors (Lipinski definition) is 2. The first-order valence-electron chi connectivity index (χ1n) is 10.8. The van der Waals surface area contributed by atoms with Crippen molar-refractivity contribution in [3.8, 4) is 6.07 Å². The molecule has 8 nitrogen and oxygen atoms in total. The molecule has 0 saturated carbocycles. The van der Waals surface area contributed by atoms with Gasteiger partial charge in [-0.3, -0.25) is 9.36 Å². The van der Waals surface area contributed by atoms with E-state index in [1.54, 1.807) is 48.7 Å². The highest BCUT2D eigenvalue weighted by atomic mass is 35.5. The summed E-state index contributed by atoms with van der Waals surface area (Å²) in [5.74, 6) is -0.399. The van der Waals surface area contributed by atoms with Crippen LogP contribution in [0.1, 0.15) is 47.1 Å². The Labute approximate surface area is 207 Å². The van der Waals surface area contributed by atoms with Crippen LogP contribution in [0.2, 0.25) is 5.02 Å². The zero-order chi connectivity index (χ0) is 25.2. The summed E-state index contributed by atoms with van der Waals surface area (Å²) < 4.78 is 20.3. The van der Waals surface area contributed by atoms with Gasteiger partial charge in [0.15, 0.2) is 0 Å². The van der Waals surface area contributed by atoms with E-state index in [4.69, 9.17) is 16.1 Å². The molecule has 1 atom stereocenters. The van der Waals surface area contributed by atoms with Gasteiger partial charge in [0.2, 0.25) is 0 Å². The maximum absolute atomic E-state index is 14.6. The number of fused-ring (bicyclic) bond motifs is 1. The van der Waals surface area contributed by atoms with E-state index in [1.165, 1.54) is 13.4 Å². The van der Waals surface area contributed by atoms with Gasteiger partial charge in [0.25, 0.3) is 13.3 Å². The third-order valence-electron chi connectivity index (χ3n) is 5.66. The highest BCUT2D eigenvalue weighted by molar-refractivity contribution is 7.75. The third kappa shape index (κ3) is 4.85. The van der Waals surface area contributed by atoms with Crippen LogP contribution in [0.4, 0.5) is 0 Å². The molecule has 0 bridgehead atoms. The fourth-order valence-electron chi connectivity index (χ4n) is 3.83. The highest BCUT2D eigenvalue weighted by Gasteiger charge is 2.36. The van der Waals surface area contributed by atoms with Crippen molar-refractivity contribution in [2.24, 2.45) is 0 Å². The number of carbonyl (C=O) groups excluding carboxylic acids is 1. The Morgan fingerprint density at radius 2 is 2.06 bits per heavy atom. The van der Waals surface area contributed by atoms with Gasteiger partial charge in [0.1, 0.15) is 12.0 Å². The number of rotatable bonds is 7. The molecule has 0 aliphatic carbocycles. The summed E-state index contributed by atoms with van der Waals surface area (Å²) in [5.41, 5.74) is 2.48. The van der Waals surface area contributed by atoms with E-state index in [0.717, 1.165) is 5.56 Å². The van der Waals surface area contributed by atoms with Gasteiger partial charge in [-0.25, -0.2) is 9.97 Å². The van der Waals surface area contributed by atoms with Crippen LogP contribution in [-0.2, 0) is 15.6 Å². The molecule has 2 aromatic carbocycles. The van der Waals surface area contributed by atoms with Crippen molar-refractivity contribution in [2.75, 3.05) is 7.11 Å². The molecule has 2 aromatic heterocycles. The molecule has 0 aliphatic heterocycles. The van der Waals surface area contributed by atoms with Crippen LogP contribution in [0.15, 0.2) is 55.0 Å². The van der Waals surface area contributed by atoms with Crippen LogP contribution in [0, 0.1) is 11.3 Å². The molecule has 0 radical (unpaired) electrons. The van der Waals surface area contributed by atoms with Gasteiger partial charge in [-0.1, -0.05) is 25.4 Å². The number of nitriles is 1. The molecule has 2 heterocycles. The molecule has 1 amide bonds. The van der Waals surface area contributed by atoms with Crippen molar-refractivity contribution in [3.63, 3.8) is 0 Å². The normalized spacial score (nSPS) is 12.9. The van der Waals surface area contributed by atoms with Gasteiger partial charge >= 0.3 is 0 Å². The topological polar surface area (TPSA) is 121 Å². The van der Waals surface area contributed by atoms with E-state index in [9.17, 15) is 14.6 Å². The molecular formula is C25H23ClN5O3P. The van der Waals surface area contributed by atoms with Crippen LogP contribution in [-0.4, -0.2) is 28.0 Å². The lowest BCUT2D eigenvalue weighted by molar-refractivity contribution is 0.0947. The Morgan fingerprint density at radius 3 is 2.71 bits per heavy atom. The van der Waals surface area contributed by atoms with E-state index in [2.05, 4.69) is 26.3 Å². The van der Waals surface area contributed by atoms with Crippen LogP contribution in [0.3, 0.4) is 0 Å². The number of aromatic amines is 1. The molecule has 10 heteroatoms. The first-order chi connectivity index (χ1) is 16.8. The molecule has 1 unspecified atom stereocenters. The van der Waals surface area contributed by atoms with E-state index in [0.29, 0.717) is 32.5 Å². The van der Waals surface area contributed by atoms with E-state index in [-0.39, 0.29) is 23.5 Å². The standard InChI is InChI=1S/C25H23ClN5O3P/c1-15(2)17-8-16(12-27)9-20(10-17)35(33,34-3)24-21-11-18(26)4-5-22(21)31-23(24)25(32)29-13-19-6-7-28-14-30-19/h4-11,14-15,31H,13H2,1-3H3,(H,29,32). The van der Waals surface area contributed by atoms with Crippen molar-refractivity contribution in [3.05, 3.63) is 82.5 Å². The summed E-state index contributed by atoms with van der Waals surface area (Å²) in [5, 5.41) is 13.8. The Bertz CT molecular complexity index is 1490. The Balaban J connectivity index is 1.90. The van der Waals surface area contributed by atoms with Gasteiger partial charge in [0.05, 0.1) is 29.2 Å². The minimum Gasteiger partial charge on any atom is -0.350 e. The van der Waals surface area contributed by atoms with E-state index >= 15 is 0 Å². The Morgan fingerprint density at radius 1 is 1.26 bits per heavy atom. The average molecular weight is 508 g/mol. The Hall–Kier alpha value is -3.50. The zero-order valence-electron chi connectivity index (χ0n) is 19.4. The van der Waals surface area contributed by atoms with Crippen molar-refractivity contribution in [1.82, 2.24) is 20.3 Å². The molecule has 0 aliphatic rings. The molecule has 4 aromatic rings. The maximum atomic E-state index is 14.6. The second-order valence-electron chi connectivity index (χ2n) is 8.24. The smallest absolute Gasteiger partial charge is 0.268 e. The number of nitrogens with zero attached hydrogens (tertiary/aromatic N) is 3. The average Bonchev–Trinajstić information content (AvgIpc) is 3.26. The van der Waals surface area contributed by atoms with Crippen molar-refractivity contribution in [2.45, 2.75) is 26.3 Å². The second kappa shape index (κ2) is 10.0. The van der Waals surface area contributed by atoms with Gasteiger partial charge in [-0.05, 0) is 53.9 Å². The monoisotopic (exact) mass is 507 g/mol. The molecule has 0 spiro atoms. The molecule has 4 rings (SSSR count). The van der Waals surface area contributed by atoms with Crippen LogP contribution in [0.5, 0.6) is 0 Å². The van der Waals surface area contributed by atoms with Gasteiger partial charge < -0.3 is 14.8 Å². The van der Waals surface area contributed by atoms with Crippen LogP contribution < -0.4 is 15.9 Å². The summed E-state index contributed by atoms with van der Waals surface area (Å²) in [4.78, 5) is 24.4. The first-order valence-corrected chi connectivity index (χ1v) is 12.8. The highest BCUT2D eigenvalue weighted by Crippen LogP contribution is 2.47. The van der Waals surface area contributed by atoms with Gasteiger partial charge in [-0.15, -0.1) is 0 Å². The SMILES string of the molecule is COP(=O)(c1cc(C#N)cc(C(C)C)c1)c1c(C(=O)NCc2ccncn2)[nH]c2ccc(Cl)cc12. The summed E-state index contributed by atoms with van der Waals surface area (Å²) in [6, 6.07) is 13.9. The van der Waals surface area contributed by atoms with Gasteiger partial charge in [0, 0.05) is 34.5 Å². The number of nitrogens with one attached hydrogen (secondary N) is 2. The predicted octanol–water partition coefficient (Wildman–Crippen LogP) is 4.41. The molecule has 35 heavy (non-hydrogen) atoms. The van der Waals surface area contributed by atoms with Gasteiger partial charge in [-0.2, -0.15) is 5.26 Å². The quantitative estimate of drug-likeness (QED) is 0.357. The number of benzene rings is 2. The number of amides is 1. The van der Waals surface area contributed by atoms with Crippen molar-refractivity contribution in [1.29, 1.82) is 5.26 Å². The molecule has 0 fully saturated rings. The first kappa shape index (κ1) is 24.6. The lowest BCUT2D eigenvalue weighted by Gasteiger charge is -2.20. The lowest BCUT2D eigenvalue weighted by atomic mass is 10.0. The third-order valence-corrected chi connectivity index (χ3v) is 8.40. The molecule has 0 saturated heterocycles. The number of aromatic nitrogens is 3. The summed E-state index contributed by atoms with van der Waals surface area (Å²) >= 11 is 6.27. The molecule has 2 N–H and O–H groups in total. The maximum Gasteiger partial charge on any atom is 0.268 e. The second-order valence-corrected chi connectivity index (χ2v) is 11.1.